The number of nitrogens with zero attached hydrogens (tertiary/aromatic N) is 2. The first-order chi connectivity index (χ1) is 11.3. The summed E-state index contributed by atoms with van der Waals surface area (Å²) in [5.74, 6) is 0.500. The van der Waals surface area contributed by atoms with Crippen LogP contribution in [0.1, 0.15) is 29.8 Å². The normalized spacial score (nSPS) is 10.8. The maximum absolute atomic E-state index is 12.7. The molecule has 24 heavy (non-hydrogen) atoms. The van der Waals surface area contributed by atoms with Gasteiger partial charge in [0.1, 0.15) is 17.6 Å². The maximum atomic E-state index is 12.7. The third-order valence-corrected chi connectivity index (χ3v) is 3.32. The molecule has 0 aliphatic heterocycles. The molecular weight excluding hydrogens is 304 g/mol. The van der Waals surface area contributed by atoms with E-state index in [0.29, 0.717) is 22.6 Å². The van der Waals surface area contributed by atoms with Crippen LogP contribution in [-0.2, 0) is 0 Å². The Labute approximate surface area is 141 Å². The number of carbonyl (C=O) groups is 1. The SMILES string of the molecule is CN(CC(C)(C)O)C(=O)c1ccccc1Oc1ccccc1C#N. The quantitative estimate of drug-likeness (QED) is 0.916. The van der Waals surface area contributed by atoms with Gasteiger partial charge in [-0.1, -0.05) is 24.3 Å². The molecule has 0 atom stereocenters. The second kappa shape index (κ2) is 7.16. The number of rotatable bonds is 5. The third-order valence-electron chi connectivity index (χ3n) is 3.32. The molecule has 1 amide bonds. The van der Waals surface area contributed by atoms with Gasteiger partial charge in [-0.3, -0.25) is 4.79 Å². The smallest absolute Gasteiger partial charge is 0.257 e. The molecule has 0 aliphatic carbocycles. The summed E-state index contributed by atoms with van der Waals surface area (Å²) in [5, 5.41) is 19.1. The summed E-state index contributed by atoms with van der Waals surface area (Å²) in [4.78, 5) is 14.1. The van der Waals surface area contributed by atoms with Gasteiger partial charge < -0.3 is 14.7 Å². The van der Waals surface area contributed by atoms with Crippen molar-refractivity contribution in [3.05, 3.63) is 59.7 Å². The minimum absolute atomic E-state index is 0.189. The molecular formula is C19H20N2O3. The first kappa shape index (κ1) is 17.5. The zero-order chi connectivity index (χ0) is 17.7. The monoisotopic (exact) mass is 324 g/mol. The van der Waals surface area contributed by atoms with Crippen molar-refractivity contribution in [1.82, 2.24) is 4.90 Å². The van der Waals surface area contributed by atoms with E-state index in [4.69, 9.17) is 10.00 Å². The molecule has 0 radical (unpaired) electrons. The number of para-hydroxylation sites is 2. The third kappa shape index (κ3) is 4.34. The molecule has 0 unspecified atom stereocenters. The molecule has 5 heteroatoms. The van der Waals surface area contributed by atoms with Crippen molar-refractivity contribution in [2.45, 2.75) is 19.4 Å². The van der Waals surface area contributed by atoms with Gasteiger partial charge in [-0.05, 0) is 38.1 Å². The van der Waals surface area contributed by atoms with Gasteiger partial charge in [0.2, 0.25) is 0 Å². The molecule has 2 aromatic carbocycles. The van der Waals surface area contributed by atoms with Crippen LogP contribution < -0.4 is 4.74 Å². The number of hydrogen-bond acceptors (Lipinski definition) is 4. The zero-order valence-corrected chi connectivity index (χ0v) is 14.0. The summed E-state index contributed by atoms with van der Waals surface area (Å²) in [6.07, 6.45) is 0. The molecule has 2 aromatic rings. The lowest BCUT2D eigenvalue weighted by Gasteiger charge is -2.26. The molecule has 5 nitrogen and oxygen atoms in total. The molecule has 0 aromatic heterocycles. The Morgan fingerprint density at radius 3 is 2.38 bits per heavy atom. The highest BCUT2D eigenvalue weighted by molar-refractivity contribution is 5.97. The number of hydrogen-bond donors (Lipinski definition) is 1. The molecule has 0 spiro atoms. The molecule has 0 bridgehead atoms. The standard InChI is InChI=1S/C19H20N2O3/c1-19(2,23)13-21(3)18(22)15-9-5-7-11-17(15)24-16-10-6-4-8-14(16)12-20/h4-11,23H,13H2,1-3H3. The van der Waals surface area contributed by atoms with Gasteiger partial charge in [0, 0.05) is 13.6 Å². The van der Waals surface area contributed by atoms with E-state index in [-0.39, 0.29) is 12.5 Å². The van der Waals surface area contributed by atoms with Crippen LogP contribution in [0.4, 0.5) is 0 Å². The van der Waals surface area contributed by atoms with Gasteiger partial charge >= 0.3 is 0 Å². The van der Waals surface area contributed by atoms with Crippen molar-refractivity contribution in [2.75, 3.05) is 13.6 Å². The summed E-state index contributed by atoms with van der Waals surface area (Å²) in [6.45, 7) is 3.47. The molecule has 124 valence electrons. The lowest BCUT2D eigenvalue weighted by Crippen LogP contribution is -2.39. The molecule has 0 saturated carbocycles. The highest BCUT2D eigenvalue weighted by Gasteiger charge is 2.23. The topological polar surface area (TPSA) is 73.6 Å². The number of carbonyl (C=O) groups excluding carboxylic acids is 1. The Bertz CT molecular complexity index is 773. The first-order valence-electron chi connectivity index (χ1n) is 7.55. The second-order valence-electron chi connectivity index (χ2n) is 6.18. The summed E-state index contributed by atoms with van der Waals surface area (Å²) in [7, 11) is 1.63. The second-order valence-corrected chi connectivity index (χ2v) is 6.18. The van der Waals surface area contributed by atoms with Crippen LogP contribution in [0.2, 0.25) is 0 Å². The van der Waals surface area contributed by atoms with Gasteiger partial charge in [0.25, 0.3) is 5.91 Å². The number of likely N-dealkylation sites (N-methyl/N-ethyl adjacent to an activating group) is 1. The summed E-state index contributed by atoms with van der Waals surface area (Å²) >= 11 is 0. The molecule has 0 heterocycles. The Balaban J connectivity index is 2.31. The molecule has 1 N–H and O–H groups in total. The van der Waals surface area contributed by atoms with E-state index in [1.807, 2.05) is 0 Å². The van der Waals surface area contributed by atoms with Crippen LogP contribution in [0.25, 0.3) is 0 Å². The maximum Gasteiger partial charge on any atom is 0.257 e. The van der Waals surface area contributed by atoms with E-state index in [1.165, 1.54) is 4.90 Å². The molecule has 0 fully saturated rings. The van der Waals surface area contributed by atoms with E-state index in [0.717, 1.165) is 0 Å². The number of benzene rings is 2. The number of ether oxygens (including phenoxy) is 1. The Morgan fingerprint density at radius 2 is 1.75 bits per heavy atom. The van der Waals surface area contributed by atoms with Crippen molar-refractivity contribution in [1.29, 1.82) is 5.26 Å². The van der Waals surface area contributed by atoms with Gasteiger partial charge in [-0.2, -0.15) is 5.26 Å². The van der Waals surface area contributed by atoms with Gasteiger partial charge in [-0.15, -0.1) is 0 Å². The van der Waals surface area contributed by atoms with Gasteiger partial charge in [0.15, 0.2) is 0 Å². The number of amides is 1. The van der Waals surface area contributed by atoms with Crippen molar-refractivity contribution < 1.29 is 14.6 Å². The van der Waals surface area contributed by atoms with E-state index in [9.17, 15) is 9.90 Å². The number of aliphatic hydroxyl groups is 1. The highest BCUT2D eigenvalue weighted by atomic mass is 16.5. The fourth-order valence-corrected chi connectivity index (χ4v) is 2.36. The van der Waals surface area contributed by atoms with Gasteiger partial charge in [0.05, 0.1) is 16.7 Å². The largest absolute Gasteiger partial charge is 0.455 e. The summed E-state index contributed by atoms with van der Waals surface area (Å²) < 4.78 is 5.80. The van der Waals surface area contributed by atoms with Crippen LogP contribution in [0.15, 0.2) is 48.5 Å². The lowest BCUT2D eigenvalue weighted by atomic mass is 10.1. The molecule has 0 saturated heterocycles. The first-order valence-corrected chi connectivity index (χ1v) is 7.55. The number of nitriles is 1. The average Bonchev–Trinajstić information content (AvgIpc) is 2.53. The Hall–Kier alpha value is -2.84. The minimum atomic E-state index is -0.992. The Morgan fingerprint density at radius 1 is 1.17 bits per heavy atom. The van der Waals surface area contributed by atoms with Crippen LogP contribution >= 0.6 is 0 Å². The zero-order valence-electron chi connectivity index (χ0n) is 14.0. The average molecular weight is 324 g/mol. The fraction of sp³-hybridized carbons (Fsp3) is 0.263. The van der Waals surface area contributed by atoms with Gasteiger partial charge in [-0.25, -0.2) is 0 Å². The van der Waals surface area contributed by atoms with Crippen molar-refractivity contribution in [2.24, 2.45) is 0 Å². The fourth-order valence-electron chi connectivity index (χ4n) is 2.36. The van der Waals surface area contributed by atoms with Crippen LogP contribution in [0.3, 0.4) is 0 Å². The van der Waals surface area contributed by atoms with Crippen LogP contribution in [-0.4, -0.2) is 35.1 Å². The lowest BCUT2D eigenvalue weighted by molar-refractivity contribution is 0.0366. The Kier molecular flexibility index (Phi) is 5.22. The summed E-state index contributed by atoms with van der Waals surface area (Å²) in [5.41, 5.74) is -0.227. The predicted molar refractivity (Wildman–Crippen MR) is 90.9 cm³/mol. The van der Waals surface area contributed by atoms with Crippen LogP contribution in [0.5, 0.6) is 11.5 Å². The van der Waals surface area contributed by atoms with Crippen molar-refractivity contribution >= 4 is 5.91 Å². The van der Waals surface area contributed by atoms with Crippen LogP contribution in [0, 0.1) is 11.3 Å². The van der Waals surface area contributed by atoms with E-state index < -0.39 is 5.60 Å². The van der Waals surface area contributed by atoms with Crippen molar-refractivity contribution in [3.63, 3.8) is 0 Å². The summed E-state index contributed by atoms with van der Waals surface area (Å²) in [6, 6.07) is 15.8. The van der Waals surface area contributed by atoms with E-state index in [1.54, 1.807) is 69.4 Å². The highest BCUT2D eigenvalue weighted by Crippen LogP contribution is 2.28. The predicted octanol–water partition coefficient (Wildman–Crippen LogP) is 3.19. The minimum Gasteiger partial charge on any atom is -0.455 e. The van der Waals surface area contributed by atoms with E-state index >= 15 is 0 Å². The van der Waals surface area contributed by atoms with Crippen molar-refractivity contribution in [3.8, 4) is 17.6 Å². The molecule has 2 rings (SSSR count). The van der Waals surface area contributed by atoms with E-state index in [2.05, 4.69) is 6.07 Å². The molecule has 0 aliphatic rings.